The van der Waals surface area contributed by atoms with Crippen molar-refractivity contribution in [1.29, 1.82) is 0 Å². The maximum absolute atomic E-state index is 12.3. The van der Waals surface area contributed by atoms with Gasteiger partial charge >= 0.3 is 23.2 Å². The van der Waals surface area contributed by atoms with Gasteiger partial charge in [-0.2, -0.15) is 0 Å². The van der Waals surface area contributed by atoms with E-state index in [-0.39, 0.29) is 32.4 Å². The van der Waals surface area contributed by atoms with Gasteiger partial charge in [-0.05, 0) is 24.3 Å². The second-order valence-corrected chi connectivity index (χ2v) is 5.19. The molecule has 0 aliphatic carbocycles. The Balaban J connectivity index is 2.43. The second kappa shape index (κ2) is 5.06. The van der Waals surface area contributed by atoms with Crippen LogP contribution in [0.4, 0.5) is 0 Å². The Bertz CT molecular complexity index is 1260. The van der Waals surface area contributed by atoms with Gasteiger partial charge in [0.05, 0.1) is 21.9 Å². The molecule has 0 amide bonds. The summed E-state index contributed by atoms with van der Waals surface area (Å²) in [5.74, 6) is -2.20. The quantitative estimate of drug-likeness (QED) is 0.246. The summed E-state index contributed by atoms with van der Waals surface area (Å²) < 4.78 is 9.49. The van der Waals surface area contributed by atoms with Gasteiger partial charge in [-0.25, -0.2) is 19.2 Å². The lowest BCUT2D eigenvalue weighted by Gasteiger charge is -2.05. The molecule has 122 valence electrons. The number of esters is 2. The summed E-state index contributed by atoms with van der Waals surface area (Å²) in [6.45, 7) is 0. The minimum Gasteiger partial charge on any atom is -0.594 e. The van der Waals surface area contributed by atoms with E-state index in [1.807, 2.05) is 0 Å². The highest BCUT2D eigenvalue weighted by Gasteiger charge is 2.23. The van der Waals surface area contributed by atoms with Gasteiger partial charge in [0.25, 0.3) is 0 Å². The van der Waals surface area contributed by atoms with Gasteiger partial charge in [0.1, 0.15) is 5.52 Å². The number of ether oxygens (including phenoxy) is 1. The molecule has 0 atom stereocenters. The molecule has 25 heavy (non-hydrogen) atoms. The molecule has 0 saturated carbocycles. The number of hydrogen-bond donors (Lipinski definition) is 0. The van der Waals surface area contributed by atoms with E-state index in [4.69, 9.17) is 9.15 Å². The predicted octanol–water partition coefficient (Wildman–Crippen LogP) is 0.208. The fraction of sp³-hybridized carbons (Fsp3) is 0. The van der Waals surface area contributed by atoms with Gasteiger partial charge in [0.15, 0.2) is 0 Å². The van der Waals surface area contributed by atoms with E-state index in [1.54, 1.807) is 0 Å². The van der Waals surface area contributed by atoms with Crippen LogP contribution in [0.1, 0.15) is 20.7 Å². The van der Waals surface area contributed by atoms with Crippen molar-refractivity contribution in [3.63, 3.8) is 0 Å². The maximum Gasteiger partial charge on any atom is 0.347 e. The minimum atomic E-state index is -1.15. The minimum absolute atomic E-state index is 0.0454. The van der Waals surface area contributed by atoms with Crippen LogP contribution in [0, 0.1) is 5.21 Å². The molecule has 0 N–H and O–H groups in total. The SMILES string of the molecule is O=C1OC(=O)c2ccc3cc2c(=O)oc(=O)c2cc(ccc21)n[n+]3[O-]. The molecule has 2 heterocycles. The van der Waals surface area contributed by atoms with Gasteiger partial charge in [-0.15, -0.1) is 0 Å². The molecular formula is C16H6N2O7. The molecule has 0 unspecified atom stereocenters. The van der Waals surface area contributed by atoms with Crippen LogP contribution in [0.3, 0.4) is 0 Å². The third-order valence-corrected chi connectivity index (χ3v) is 3.68. The monoisotopic (exact) mass is 338 g/mol. The third-order valence-electron chi connectivity index (χ3n) is 3.68. The molecule has 4 bridgehead atoms. The number of benzene rings is 2. The third kappa shape index (κ3) is 2.26. The van der Waals surface area contributed by atoms with E-state index >= 15 is 0 Å². The number of carbonyl (C=O) groups is 2. The fourth-order valence-electron chi connectivity index (χ4n) is 2.49. The molecular weight excluding hydrogens is 332 g/mol. The van der Waals surface area contributed by atoms with E-state index in [1.165, 1.54) is 12.1 Å². The van der Waals surface area contributed by atoms with Crippen LogP contribution < -0.4 is 16.1 Å². The molecule has 1 aliphatic heterocycles. The number of carbonyl (C=O) groups excluding carboxylic acids is 2. The molecule has 0 saturated heterocycles. The summed E-state index contributed by atoms with van der Waals surface area (Å²) in [6, 6.07) is 6.91. The Labute approximate surface area is 136 Å². The first kappa shape index (κ1) is 14.7. The van der Waals surface area contributed by atoms with Gasteiger partial charge in [0, 0.05) is 17.2 Å². The summed E-state index contributed by atoms with van der Waals surface area (Å²) in [6.07, 6.45) is 0. The summed E-state index contributed by atoms with van der Waals surface area (Å²) >= 11 is 0. The average molecular weight is 338 g/mol. The standard InChI is InChI=1S/C16H6N2O7/c19-13-9-3-1-7-5-11(9)15(21)25-16(22)12-6-8(18(23)17-7)2-4-10(12)14(20)24-13/h1-6H. The Morgan fingerprint density at radius 1 is 0.840 bits per heavy atom. The van der Waals surface area contributed by atoms with Crippen molar-refractivity contribution in [3.05, 3.63) is 73.6 Å². The highest BCUT2D eigenvalue weighted by Crippen LogP contribution is 2.16. The smallest absolute Gasteiger partial charge is 0.347 e. The largest absolute Gasteiger partial charge is 0.594 e. The van der Waals surface area contributed by atoms with Crippen molar-refractivity contribution in [2.45, 2.75) is 0 Å². The highest BCUT2D eigenvalue weighted by molar-refractivity contribution is 6.09. The molecule has 1 aromatic heterocycles. The zero-order chi connectivity index (χ0) is 17.7. The van der Waals surface area contributed by atoms with E-state index in [0.29, 0.717) is 0 Å². The lowest BCUT2D eigenvalue weighted by Crippen LogP contribution is -2.30. The van der Waals surface area contributed by atoms with Crippen molar-refractivity contribution >= 4 is 33.7 Å². The van der Waals surface area contributed by atoms with Crippen LogP contribution in [0.5, 0.6) is 0 Å². The maximum atomic E-state index is 12.3. The van der Waals surface area contributed by atoms with Crippen molar-refractivity contribution in [2.75, 3.05) is 0 Å². The van der Waals surface area contributed by atoms with Gasteiger partial charge in [-0.3, -0.25) is 0 Å². The zero-order valence-corrected chi connectivity index (χ0v) is 12.2. The molecule has 0 radical (unpaired) electrons. The van der Waals surface area contributed by atoms with Crippen LogP contribution in [-0.4, -0.2) is 17.0 Å². The summed E-state index contributed by atoms with van der Waals surface area (Å²) in [5, 5.41) is 15.2. The Hall–Kier alpha value is -3.88. The van der Waals surface area contributed by atoms with Crippen molar-refractivity contribution in [2.24, 2.45) is 0 Å². The van der Waals surface area contributed by atoms with Gasteiger partial charge in [0.2, 0.25) is 5.52 Å². The van der Waals surface area contributed by atoms with Crippen LogP contribution in [0.25, 0.3) is 21.8 Å². The number of rotatable bonds is 0. The first-order valence-electron chi connectivity index (χ1n) is 6.94. The van der Waals surface area contributed by atoms with Crippen LogP contribution in [0.2, 0.25) is 0 Å². The van der Waals surface area contributed by atoms with E-state index < -0.39 is 28.6 Å². The number of cyclic esters (lactones) is 2. The first-order valence-corrected chi connectivity index (χ1v) is 6.94. The second-order valence-electron chi connectivity index (χ2n) is 5.19. The lowest BCUT2D eigenvalue weighted by atomic mass is 10.1. The molecule has 9 nitrogen and oxygen atoms in total. The number of hydrogen-bond acceptors (Lipinski definition) is 8. The normalized spacial score (nSPS) is 13.0. The number of aromatic nitrogens is 2. The topological polar surface area (TPSA) is 130 Å². The van der Waals surface area contributed by atoms with Crippen molar-refractivity contribution < 1.29 is 23.6 Å². The summed E-state index contributed by atoms with van der Waals surface area (Å²) in [4.78, 5) is 49.2. The van der Waals surface area contributed by atoms with Crippen molar-refractivity contribution in [3.8, 4) is 0 Å². The zero-order valence-electron chi connectivity index (χ0n) is 12.2. The molecule has 1 aliphatic rings. The average Bonchev–Trinajstić information content (AvgIpc) is 2.60. The number of fused-ring (bicyclic) bond motifs is 4. The molecule has 0 spiro atoms. The molecule has 2 aromatic carbocycles. The van der Waals surface area contributed by atoms with Crippen LogP contribution >= 0.6 is 0 Å². The van der Waals surface area contributed by atoms with E-state index in [9.17, 15) is 24.4 Å². The van der Waals surface area contributed by atoms with Crippen LogP contribution in [0.15, 0.2) is 50.4 Å². The number of nitrogens with zero attached hydrogens (tertiary/aromatic N) is 2. The molecule has 0 fully saturated rings. The van der Waals surface area contributed by atoms with Gasteiger partial charge in [-0.1, -0.05) is 4.85 Å². The van der Waals surface area contributed by atoms with Crippen molar-refractivity contribution in [1.82, 2.24) is 5.10 Å². The summed E-state index contributed by atoms with van der Waals surface area (Å²) in [5.41, 5.74) is -2.92. The van der Waals surface area contributed by atoms with Crippen LogP contribution in [-0.2, 0) is 4.74 Å². The fourth-order valence-corrected chi connectivity index (χ4v) is 2.49. The summed E-state index contributed by atoms with van der Waals surface area (Å²) in [7, 11) is 0. The Morgan fingerprint density at radius 3 is 2.12 bits per heavy atom. The Morgan fingerprint density at radius 2 is 1.44 bits per heavy atom. The van der Waals surface area contributed by atoms with E-state index in [0.717, 1.165) is 24.3 Å². The molecule has 4 rings (SSSR count). The molecule has 9 heteroatoms. The van der Waals surface area contributed by atoms with E-state index in [2.05, 4.69) is 5.10 Å². The van der Waals surface area contributed by atoms with Gasteiger partial charge < -0.3 is 14.4 Å². The highest BCUT2D eigenvalue weighted by atomic mass is 16.6. The first-order chi connectivity index (χ1) is 11.9. The molecule has 3 aromatic rings. The Kier molecular flexibility index (Phi) is 2.98. The predicted molar refractivity (Wildman–Crippen MR) is 81.6 cm³/mol. The lowest BCUT2D eigenvalue weighted by molar-refractivity contribution is -0.640.